The van der Waals surface area contributed by atoms with Crippen LogP contribution in [0.3, 0.4) is 0 Å². The zero-order chi connectivity index (χ0) is 16.7. The molecule has 0 atom stereocenters. The van der Waals surface area contributed by atoms with E-state index in [1.54, 1.807) is 30.3 Å². The highest BCUT2D eigenvalue weighted by molar-refractivity contribution is 7.92. The smallest absolute Gasteiger partial charge is 0.261 e. The summed E-state index contributed by atoms with van der Waals surface area (Å²) in [7, 11) is -3.59. The Labute approximate surface area is 137 Å². The minimum absolute atomic E-state index is 0.201. The van der Waals surface area contributed by atoms with E-state index in [0.717, 1.165) is 29.7 Å². The highest BCUT2D eigenvalue weighted by atomic mass is 32.2. The Morgan fingerprint density at radius 3 is 2.48 bits per heavy atom. The number of fused-ring (bicyclic) bond motifs is 1. The molecule has 0 unspecified atom stereocenters. The van der Waals surface area contributed by atoms with Gasteiger partial charge < -0.3 is 4.74 Å². The van der Waals surface area contributed by atoms with Crippen LogP contribution in [0, 0.1) is 6.92 Å². The van der Waals surface area contributed by atoms with Gasteiger partial charge in [-0.15, -0.1) is 0 Å². The Morgan fingerprint density at radius 2 is 1.78 bits per heavy atom. The van der Waals surface area contributed by atoms with E-state index >= 15 is 0 Å². The lowest BCUT2D eigenvalue weighted by Crippen LogP contribution is -2.32. The standard InChI is InChI=1S/C18H21NO3S/c1-13-4-6-15(7-5-13)19-23(20,21)16-8-9-17-14(12-16)10-11-18(2,3)22-17/h4-9,12,19H,10-11H2,1-3H3. The van der Waals surface area contributed by atoms with Crippen LogP contribution in [0.5, 0.6) is 5.75 Å². The monoisotopic (exact) mass is 331 g/mol. The van der Waals surface area contributed by atoms with Crippen molar-refractivity contribution in [3.05, 3.63) is 53.6 Å². The molecule has 0 spiro atoms. The number of hydrogen-bond donors (Lipinski definition) is 1. The van der Waals surface area contributed by atoms with Gasteiger partial charge in [-0.25, -0.2) is 8.42 Å². The molecule has 1 aliphatic heterocycles. The summed E-state index contributed by atoms with van der Waals surface area (Å²) in [6.45, 7) is 6.04. The Hall–Kier alpha value is -2.01. The van der Waals surface area contributed by atoms with E-state index in [1.807, 2.05) is 32.9 Å². The Bertz CT molecular complexity index is 824. The molecule has 0 saturated heterocycles. The molecule has 1 N–H and O–H groups in total. The van der Waals surface area contributed by atoms with Crippen LogP contribution in [0.1, 0.15) is 31.4 Å². The first kappa shape index (κ1) is 15.9. The number of nitrogens with one attached hydrogen (secondary N) is 1. The summed E-state index contributed by atoms with van der Waals surface area (Å²) in [5.41, 5.74) is 2.39. The molecular formula is C18H21NO3S. The second kappa shape index (κ2) is 5.57. The zero-order valence-electron chi connectivity index (χ0n) is 13.6. The molecule has 2 aromatic rings. The Kier molecular flexibility index (Phi) is 3.84. The SMILES string of the molecule is Cc1ccc(NS(=O)(=O)c2ccc3c(c2)CCC(C)(C)O3)cc1. The number of rotatable bonds is 3. The molecule has 5 heteroatoms. The van der Waals surface area contributed by atoms with Crippen LogP contribution in [0.25, 0.3) is 0 Å². The van der Waals surface area contributed by atoms with E-state index in [1.165, 1.54) is 0 Å². The highest BCUT2D eigenvalue weighted by Gasteiger charge is 2.27. The van der Waals surface area contributed by atoms with Crippen molar-refractivity contribution in [2.75, 3.05) is 4.72 Å². The van der Waals surface area contributed by atoms with Gasteiger partial charge in [0.2, 0.25) is 0 Å². The molecule has 3 rings (SSSR count). The maximum absolute atomic E-state index is 12.5. The van der Waals surface area contributed by atoms with Crippen LogP contribution in [0.4, 0.5) is 5.69 Å². The van der Waals surface area contributed by atoms with Crippen molar-refractivity contribution in [3.63, 3.8) is 0 Å². The molecule has 0 saturated carbocycles. The molecule has 1 heterocycles. The molecule has 1 aliphatic rings. The lowest BCUT2D eigenvalue weighted by atomic mass is 9.94. The number of aryl methyl sites for hydroxylation is 2. The highest BCUT2D eigenvalue weighted by Crippen LogP contribution is 2.34. The van der Waals surface area contributed by atoms with Crippen molar-refractivity contribution in [1.82, 2.24) is 0 Å². The van der Waals surface area contributed by atoms with Crippen molar-refractivity contribution in [3.8, 4) is 5.75 Å². The Balaban J connectivity index is 1.88. The van der Waals surface area contributed by atoms with E-state index in [4.69, 9.17) is 4.74 Å². The third-order valence-electron chi connectivity index (χ3n) is 4.03. The number of benzene rings is 2. The minimum atomic E-state index is -3.59. The third-order valence-corrected chi connectivity index (χ3v) is 5.41. The summed E-state index contributed by atoms with van der Waals surface area (Å²) < 4.78 is 33.6. The van der Waals surface area contributed by atoms with Crippen molar-refractivity contribution >= 4 is 15.7 Å². The van der Waals surface area contributed by atoms with Gasteiger partial charge in [-0.05, 0) is 69.5 Å². The van der Waals surface area contributed by atoms with Crippen LogP contribution in [-0.2, 0) is 16.4 Å². The van der Waals surface area contributed by atoms with Gasteiger partial charge in [0.25, 0.3) is 10.0 Å². The van der Waals surface area contributed by atoms with Crippen LogP contribution >= 0.6 is 0 Å². The molecule has 122 valence electrons. The summed E-state index contributed by atoms with van der Waals surface area (Å²) in [5.74, 6) is 0.774. The van der Waals surface area contributed by atoms with E-state index in [9.17, 15) is 8.42 Å². The largest absolute Gasteiger partial charge is 0.488 e. The summed E-state index contributed by atoms with van der Waals surface area (Å²) in [5, 5.41) is 0. The van der Waals surface area contributed by atoms with Gasteiger partial charge >= 0.3 is 0 Å². The molecule has 0 aliphatic carbocycles. The van der Waals surface area contributed by atoms with Crippen molar-refractivity contribution in [2.24, 2.45) is 0 Å². The molecule has 0 aromatic heterocycles. The first-order chi connectivity index (χ1) is 10.8. The molecule has 0 radical (unpaired) electrons. The second-order valence-electron chi connectivity index (χ2n) is 6.60. The van der Waals surface area contributed by atoms with Gasteiger partial charge in [-0.3, -0.25) is 4.72 Å². The number of anilines is 1. The first-order valence-electron chi connectivity index (χ1n) is 7.67. The van der Waals surface area contributed by atoms with Crippen molar-refractivity contribution < 1.29 is 13.2 Å². The maximum atomic E-state index is 12.5. The third kappa shape index (κ3) is 3.50. The van der Waals surface area contributed by atoms with Gasteiger partial charge in [0.15, 0.2) is 0 Å². The first-order valence-corrected chi connectivity index (χ1v) is 9.15. The number of sulfonamides is 1. The number of ether oxygens (including phenoxy) is 1. The fourth-order valence-electron chi connectivity index (χ4n) is 2.64. The average molecular weight is 331 g/mol. The van der Waals surface area contributed by atoms with E-state index in [2.05, 4.69) is 4.72 Å². The van der Waals surface area contributed by atoms with Crippen molar-refractivity contribution in [1.29, 1.82) is 0 Å². The molecule has 0 fully saturated rings. The quantitative estimate of drug-likeness (QED) is 0.928. The summed E-state index contributed by atoms with van der Waals surface area (Å²) in [6, 6.07) is 12.3. The van der Waals surface area contributed by atoms with Gasteiger partial charge in [0, 0.05) is 5.69 Å². The van der Waals surface area contributed by atoms with Crippen LogP contribution < -0.4 is 9.46 Å². The average Bonchev–Trinajstić information content (AvgIpc) is 2.48. The summed E-state index contributed by atoms with van der Waals surface area (Å²) >= 11 is 0. The van der Waals surface area contributed by atoms with Crippen LogP contribution in [-0.4, -0.2) is 14.0 Å². The topological polar surface area (TPSA) is 55.4 Å². The fraction of sp³-hybridized carbons (Fsp3) is 0.333. The molecular weight excluding hydrogens is 310 g/mol. The van der Waals surface area contributed by atoms with Crippen molar-refractivity contribution in [2.45, 2.75) is 44.1 Å². The van der Waals surface area contributed by atoms with Gasteiger partial charge in [0.05, 0.1) is 4.90 Å². The molecule has 23 heavy (non-hydrogen) atoms. The van der Waals surface area contributed by atoms with Gasteiger partial charge in [-0.2, -0.15) is 0 Å². The molecule has 4 nitrogen and oxygen atoms in total. The van der Waals surface area contributed by atoms with E-state index in [-0.39, 0.29) is 10.5 Å². The second-order valence-corrected chi connectivity index (χ2v) is 8.29. The zero-order valence-corrected chi connectivity index (χ0v) is 14.4. The molecule has 2 aromatic carbocycles. The Morgan fingerprint density at radius 1 is 1.09 bits per heavy atom. The normalized spacial score (nSPS) is 16.3. The lowest BCUT2D eigenvalue weighted by molar-refractivity contribution is 0.0845. The summed E-state index contributed by atoms with van der Waals surface area (Å²) in [6.07, 6.45) is 1.69. The lowest BCUT2D eigenvalue weighted by Gasteiger charge is -2.32. The molecule has 0 amide bonds. The van der Waals surface area contributed by atoms with Gasteiger partial charge in [-0.1, -0.05) is 17.7 Å². The molecule has 0 bridgehead atoms. The number of hydrogen-bond acceptors (Lipinski definition) is 3. The maximum Gasteiger partial charge on any atom is 0.261 e. The predicted molar refractivity (Wildman–Crippen MR) is 91.5 cm³/mol. The summed E-state index contributed by atoms with van der Waals surface area (Å²) in [4.78, 5) is 0.264. The fourth-order valence-corrected chi connectivity index (χ4v) is 3.75. The van der Waals surface area contributed by atoms with Crippen LogP contribution in [0.15, 0.2) is 47.4 Å². The van der Waals surface area contributed by atoms with E-state index in [0.29, 0.717) is 5.69 Å². The minimum Gasteiger partial charge on any atom is -0.488 e. The van der Waals surface area contributed by atoms with Crippen LogP contribution in [0.2, 0.25) is 0 Å². The van der Waals surface area contributed by atoms with Gasteiger partial charge in [0.1, 0.15) is 11.4 Å². The van der Waals surface area contributed by atoms with E-state index < -0.39 is 10.0 Å². The predicted octanol–water partition coefficient (Wildman–Crippen LogP) is 3.90.